The molecule has 0 saturated heterocycles. The van der Waals surface area contributed by atoms with Gasteiger partial charge in [-0.05, 0) is 12.1 Å². The van der Waals surface area contributed by atoms with E-state index in [-0.39, 0.29) is 6.61 Å². The van der Waals surface area contributed by atoms with E-state index in [1.54, 1.807) is 12.2 Å². The predicted molar refractivity (Wildman–Crippen MR) is 64.1 cm³/mol. The average Bonchev–Trinajstić information content (AvgIpc) is 2.33. The lowest BCUT2D eigenvalue weighted by molar-refractivity contribution is -0.135. The number of halogens is 1. The largest absolute Gasteiger partial charge is 0.452 e. The van der Waals surface area contributed by atoms with Gasteiger partial charge in [0.1, 0.15) is 6.61 Å². The highest BCUT2D eigenvalue weighted by Crippen LogP contribution is 1.94. The van der Waals surface area contributed by atoms with E-state index in [9.17, 15) is 4.79 Å². The van der Waals surface area contributed by atoms with Gasteiger partial charge in [-0.2, -0.15) is 0 Å². The number of hydrogen-bond acceptors (Lipinski definition) is 2. The Labute approximate surface area is 99.9 Å². The molecule has 0 heterocycles. The van der Waals surface area contributed by atoms with Crippen LogP contribution in [0.15, 0.2) is 42.5 Å². The minimum Gasteiger partial charge on any atom is -0.452 e. The predicted octanol–water partition coefficient (Wildman–Crippen LogP) is 2.38. The molecule has 0 radical (unpaired) electrons. The standard InChI is InChI=1S/C13H11ClO2/c14-10-4-5-11-16-13(15)9-8-12-6-2-1-3-7-12/h1-7H,10-11H2/b5-4-. The lowest BCUT2D eigenvalue weighted by atomic mass is 10.2. The van der Waals surface area contributed by atoms with Crippen LogP contribution in [-0.2, 0) is 9.53 Å². The summed E-state index contributed by atoms with van der Waals surface area (Å²) in [5, 5.41) is 0. The van der Waals surface area contributed by atoms with E-state index in [1.165, 1.54) is 0 Å². The van der Waals surface area contributed by atoms with Crippen molar-refractivity contribution in [1.29, 1.82) is 0 Å². The van der Waals surface area contributed by atoms with Crippen LogP contribution in [0.25, 0.3) is 0 Å². The summed E-state index contributed by atoms with van der Waals surface area (Å²) in [7, 11) is 0. The maximum atomic E-state index is 11.1. The first kappa shape index (κ1) is 12.4. The topological polar surface area (TPSA) is 26.3 Å². The number of hydrogen-bond donors (Lipinski definition) is 0. The molecule has 3 heteroatoms. The van der Waals surface area contributed by atoms with Crippen LogP contribution in [0.4, 0.5) is 0 Å². The van der Waals surface area contributed by atoms with Gasteiger partial charge < -0.3 is 4.74 Å². The molecule has 0 spiro atoms. The van der Waals surface area contributed by atoms with Gasteiger partial charge in [0.05, 0.1) is 0 Å². The zero-order valence-corrected chi connectivity index (χ0v) is 9.41. The lowest BCUT2D eigenvalue weighted by Crippen LogP contribution is -2.00. The van der Waals surface area contributed by atoms with Gasteiger partial charge in [-0.25, -0.2) is 4.79 Å². The van der Waals surface area contributed by atoms with Crippen molar-refractivity contribution in [3.05, 3.63) is 48.0 Å². The number of rotatable bonds is 3. The number of allylic oxidation sites excluding steroid dienone is 1. The molecule has 0 unspecified atom stereocenters. The highest BCUT2D eigenvalue weighted by Gasteiger charge is 1.93. The first-order valence-electron chi connectivity index (χ1n) is 4.77. The van der Waals surface area contributed by atoms with Crippen LogP contribution in [-0.4, -0.2) is 18.5 Å². The number of carbonyl (C=O) groups is 1. The first-order valence-corrected chi connectivity index (χ1v) is 5.31. The number of carbonyl (C=O) groups excluding carboxylic acids is 1. The molecule has 82 valence electrons. The molecule has 0 N–H and O–H groups in total. The summed E-state index contributed by atoms with van der Waals surface area (Å²) in [6, 6.07) is 9.26. The van der Waals surface area contributed by atoms with Gasteiger partial charge in [0.2, 0.25) is 0 Å². The molecule has 1 rings (SSSR count). The maximum absolute atomic E-state index is 11.1. The van der Waals surface area contributed by atoms with E-state index in [0.29, 0.717) is 5.88 Å². The second-order valence-corrected chi connectivity index (χ2v) is 3.15. The highest BCUT2D eigenvalue weighted by atomic mass is 35.5. The molecule has 1 aromatic carbocycles. The Morgan fingerprint density at radius 3 is 2.75 bits per heavy atom. The second kappa shape index (κ2) is 7.56. The summed E-state index contributed by atoms with van der Waals surface area (Å²) in [5.41, 5.74) is 0.788. The molecule has 0 aromatic heterocycles. The monoisotopic (exact) mass is 234 g/mol. The van der Waals surface area contributed by atoms with Crippen LogP contribution in [0.3, 0.4) is 0 Å². The molecule has 0 aliphatic heterocycles. The highest BCUT2D eigenvalue weighted by molar-refractivity contribution is 6.18. The van der Waals surface area contributed by atoms with E-state index in [1.807, 2.05) is 30.3 Å². The summed E-state index contributed by atoms with van der Waals surface area (Å²) in [4.78, 5) is 11.1. The van der Waals surface area contributed by atoms with Crippen molar-refractivity contribution in [3.63, 3.8) is 0 Å². The van der Waals surface area contributed by atoms with E-state index < -0.39 is 5.97 Å². The molecule has 0 saturated carbocycles. The Kier molecular flexibility index (Phi) is 5.83. The van der Waals surface area contributed by atoms with Crippen molar-refractivity contribution < 1.29 is 9.53 Å². The summed E-state index contributed by atoms with van der Waals surface area (Å²) in [6.07, 6.45) is 3.38. The average molecular weight is 235 g/mol. The lowest BCUT2D eigenvalue weighted by Gasteiger charge is -1.93. The number of alkyl halides is 1. The van der Waals surface area contributed by atoms with E-state index in [0.717, 1.165) is 5.56 Å². The number of ether oxygens (including phenoxy) is 1. The Bertz CT molecular complexity index is 413. The van der Waals surface area contributed by atoms with Gasteiger partial charge in [-0.3, -0.25) is 0 Å². The number of benzene rings is 1. The van der Waals surface area contributed by atoms with Crippen LogP contribution < -0.4 is 0 Å². The molecular weight excluding hydrogens is 224 g/mol. The summed E-state index contributed by atoms with van der Waals surface area (Å²) >= 11 is 5.40. The van der Waals surface area contributed by atoms with Gasteiger partial charge in [-0.1, -0.05) is 36.3 Å². The second-order valence-electron chi connectivity index (χ2n) is 2.84. The van der Waals surface area contributed by atoms with Gasteiger partial charge in [0.15, 0.2) is 0 Å². The van der Waals surface area contributed by atoms with Gasteiger partial charge in [0.25, 0.3) is 0 Å². The normalized spacial score (nSPS) is 9.56. The fourth-order valence-electron chi connectivity index (χ4n) is 0.936. The van der Waals surface area contributed by atoms with Crippen molar-refractivity contribution in [2.75, 3.05) is 12.5 Å². The summed E-state index contributed by atoms with van der Waals surface area (Å²) in [5.74, 6) is 4.98. The minimum atomic E-state index is -0.539. The van der Waals surface area contributed by atoms with Crippen LogP contribution in [0.2, 0.25) is 0 Å². The van der Waals surface area contributed by atoms with Gasteiger partial charge >= 0.3 is 5.97 Å². The molecule has 0 aliphatic rings. The molecule has 0 atom stereocenters. The van der Waals surface area contributed by atoms with E-state index in [2.05, 4.69) is 11.8 Å². The maximum Gasteiger partial charge on any atom is 0.385 e. The quantitative estimate of drug-likeness (QED) is 0.347. The van der Waals surface area contributed by atoms with Gasteiger partial charge in [0, 0.05) is 17.4 Å². The van der Waals surface area contributed by atoms with E-state index in [4.69, 9.17) is 16.3 Å². The summed E-state index contributed by atoms with van der Waals surface area (Å²) in [6.45, 7) is 0.203. The SMILES string of the molecule is O=C(C#Cc1ccccc1)OC/C=C\CCl. The van der Waals surface area contributed by atoms with Crippen molar-refractivity contribution >= 4 is 17.6 Å². The molecule has 0 bridgehead atoms. The van der Waals surface area contributed by atoms with Crippen molar-refractivity contribution in [2.24, 2.45) is 0 Å². The van der Waals surface area contributed by atoms with Crippen molar-refractivity contribution in [3.8, 4) is 11.8 Å². The molecule has 0 fully saturated rings. The Hall–Kier alpha value is -1.72. The van der Waals surface area contributed by atoms with Crippen molar-refractivity contribution in [2.45, 2.75) is 0 Å². The first-order chi connectivity index (χ1) is 7.83. The zero-order chi connectivity index (χ0) is 11.6. The van der Waals surface area contributed by atoms with Crippen LogP contribution in [0.5, 0.6) is 0 Å². The third-order valence-corrected chi connectivity index (χ3v) is 1.83. The Morgan fingerprint density at radius 1 is 1.31 bits per heavy atom. The molecular formula is C13H11ClO2. The fourth-order valence-corrected chi connectivity index (χ4v) is 1.06. The molecule has 2 nitrogen and oxygen atoms in total. The summed E-state index contributed by atoms with van der Waals surface area (Å²) < 4.78 is 4.81. The Balaban J connectivity index is 2.40. The third-order valence-electron chi connectivity index (χ3n) is 1.65. The minimum absolute atomic E-state index is 0.203. The van der Waals surface area contributed by atoms with E-state index >= 15 is 0 Å². The van der Waals surface area contributed by atoms with Crippen LogP contribution in [0, 0.1) is 11.8 Å². The number of esters is 1. The van der Waals surface area contributed by atoms with Gasteiger partial charge in [-0.15, -0.1) is 11.6 Å². The van der Waals surface area contributed by atoms with Crippen LogP contribution >= 0.6 is 11.6 Å². The fraction of sp³-hybridized carbons (Fsp3) is 0.154. The van der Waals surface area contributed by atoms with Crippen molar-refractivity contribution in [1.82, 2.24) is 0 Å². The Morgan fingerprint density at radius 2 is 2.06 bits per heavy atom. The molecule has 16 heavy (non-hydrogen) atoms. The van der Waals surface area contributed by atoms with Crippen LogP contribution in [0.1, 0.15) is 5.56 Å². The molecule has 0 amide bonds. The zero-order valence-electron chi connectivity index (χ0n) is 8.65. The molecule has 0 aliphatic carbocycles. The third kappa shape index (κ3) is 5.23. The molecule has 1 aromatic rings. The smallest absolute Gasteiger partial charge is 0.385 e.